The van der Waals surface area contributed by atoms with Gasteiger partial charge in [-0.2, -0.15) is 0 Å². The molecule has 2 aromatic carbocycles. The number of benzene rings is 2. The fourth-order valence-electron chi connectivity index (χ4n) is 5.81. The van der Waals surface area contributed by atoms with E-state index in [0.29, 0.717) is 12.6 Å². The number of fused-ring (bicyclic) bond motifs is 1. The molecule has 2 fully saturated rings. The molecular formula is C33H39N5O2. The summed E-state index contributed by atoms with van der Waals surface area (Å²) in [5.41, 5.74) is 3.13. The largest absolute Gasteiger partial charge is 0.487 e. The van der Waals surface area contributed by atoms with Crippen molar-refractivity contribution in [3.05, 3.63) is 90.3 Å². The highest BCUT2D eigenvalue weighted by molar-refractivity contribution is 5.98. The molecule has 2 saturated heterocycles. The fourth-order valence-corrected chi connectivity index (χ4v) is 5.81. The van der Waals surface area contributed by atoms with Crippen LogP contribution in [-0.4, -0.2) is 70.6 Å². The Hall–Kier alpha value is -3.84. The highest BCUT2D eigenvalue weighted by atomic mass is 16.5. The summed E-state index contributed by atoms with van der Waals surface area (Å²) in [6.45, 7) is 13.6. The summed E-state index contributed by atoms with van der Waals surface area (Å²) < 4.78 is 8.46. The van der Waals surface area contributed by atoms with Crippen LogP contribution in [0.2, 0.25) is 0 Å². The lowest BCUT2D eigenvalue weighted by atomic mass is 9.96. The zero-order chi connectivity index (χ0) is 27.7. The van der Waals surface area contributed by atoms with E-state index in [2.05, 4.69) is 64.4 Å². The number of nitrogens with zero attached hydrogens (tertiary/aromatic N) is 5. The summed E-state index contributed by atoms with van der Waals surface area (Å²) >= 11 is 0. The topological polar surface area (TPSA) is 53.8 Å². The number of aromatic nitrogens is 2. The third-order valence-corrected chi connectivity index (χ3v) is 7.95. The SMILES string of the molecule is CC(C)(C)Cn1c(COc2ccccc2)cc2cc(C(=O)N3CC(N4CCN(c5ccccn5)CC4)C3)ccc21. The van der Waals surface area contributed by atoms with E-state index in [9.17, 15) is 4.79 Å². The van der Waals surface area contributed by atoms with E-state index >= 15 is 0 Å². The maximum atomic E-state index is 13.4. The molecule has 0 radical (unpaired) electrons. The van der Waals surface area contributed by atoms with E-state index in [1.165, 1.54) is 0 Å². The van der Waals surface area contributed by atoms with Gasteiger partial charge in [-0.1, -0.05) is 45.0 Å². The molecule has 2 aliphatic rings. The number of anilines is 1. The molecule has 4 aromatic rings. The third-order valence-electron chi connectivity index (χ3n) is 7.95. The van der Waals surface area contributed by atoms with Crippen LogP contribution < -0.4 is 9.64 Å². The van der Waals surface area contributed by atoms with Crippen LogP contribution in [-0.2, 0) is 13.2 Å². The van der Waals surface area contributed by atoms with Gasteiger partial charge in [-0.05, 0) is 53.9 Å². The van der Waals surface area contributed by atoms with Crippen LogP contribution in [0, 0.1) is 5.41 Å². The summed E-state index contributed by atoms with van der Waals surface area (Å²) in [5.74, 6) is 2.03. The number of hydrogen-bond donors (Lipinski definition) is 0. The Morgan fingerprint density at radius 2 is 1.68 bits per heavy atom. The summed E-state index contributed by atoms with van der Waals surface area (Å²) in [5, 5.41) is 1.09. The molecule has 0 saturated carbocycles. The number of carbonyl (C=O) groups is 1. The summed E-state index contributed by atoms with van der Waals surface area (Å²) in [6, 6.07) is 24.8. The summed E-state index contributed by atoms with van der Waals surface area (Å²) in [6.07, 6.45) is 1.85. The first-order valence-corrected chi connectivity index (χ1v) is 14.3. The van der Waals surface area contributed by atoms with Crippen molar-refractivity contribution in [3.63, 3.8) is 0 Å². The van der Waals surface area contributed by atoms with Gasteiger partial charge in [0.15, 0.2) is 0 Å². The smallest absolute Gasteiger partial charge is 0.253 e. The molecule has 0 atom stereocenters. The maximum Gasteiger partial charge on any atom is 0.253 e. The van der Waals surface area contributed by atoms with Gasteiger partial charge < -0.3 is 19.1 Å². The van der Waals surface area contributed by atoms with Crippen LogP contribution in [0.5, 0.6) is 5.75 Å². The standard InChI is InChI=1S/C33H39N5O2/c1-33(2,3)24-38-27(23-40-29-9-5-4-6-10-29)20-26-19-25(12-13-30(26)38)32(39)37-21-28(22-37)35-15-17-36(18-16-35)31-11-7-8-14-34-31/h4-14,19-20,28H,15-18,21-24H2,1-3H3. The maximum absolute atomic E-state index is 13.4. The number of para-hydroxylation sites is 1. The van der Waals surface area contributed by atoms with Gasteiger partial charge in [-0.3, -0.25) is 9.69 Å². The zero-order valence-corrected chi connectivity index (χ0v) is 23.8. The predicted octanol–water partition coefficient (Wildman–Crippen LogP) is 5.31. The predicted molar refractivity (Wildman–Crippen MR) is 160 cm³/mol. The average Bonchev–Trinajstić information content (AvgIpc) is 3.27. The van der Waals surface area contributed by atoms with Crippen LogP contribution in [0.15, 0.2) is 79.0 Å². The number of hydrogen-bond acceptors (Lipinski definition) is 5. The van der Waals surface area contributed by atoms with Crippen LogP contribution in [0.3, 0.4) is 0 Å². The Labute approximate surface area is 237 Å². The van der Waals surface area contributed by atoms with Crippen LogP contribution in [0.1, 0.15) is 36.8 Å². The molecule has 0 unspecified atom stereocenters. The molecule has 0 aliphatic carbocycles. The number of rotatable bonds is 7. The van der Waals surface area contributed by atoms with Crippen molar-refractivity contribution < 1.29 is 9.53 Å². The molecule has 6 rings (SSSR count). The van der Waals surface area contributed by atoms with E-state index in [1.807, 2.05) is 59.6 Å². The highest BCUT2D eigenvalue weighted by Gasteiger charge is 2.36. The molecule has 2 aromatic heterocycles. The number of ether oxygens (including phenoxy) is 1. The molecule has 4 heterocycles. The van der Waals surface area contributed by atoms with E-state index in [1.54, 1.807) is 0 Å². The van der Waals surface area contributed by atoms with E-state index < -0.39 is 0 Å². The molecule has 7 nitrogen and oxygen atoms in total. The van der Waals surface area contributed by atoms with E-state index in [-0.39, 0.29) is 11.3 Å². The quantitative estimate of drug-likeness (QED) is 0.320. The Bertz CT molecular complexity index is 1450. The van der Waals surface area contributed by atoms with Crippen molar-refractivity contribution in [1.29, 1.82) is 0 Å². The first-order chi connectivity index (χ1) is 19.3. The lowest BCUT2D eigenvalue weighted by Crippen LogP contribution is -2.64. The number of carbonyl (C=O) groups excluding carboxylic acids is 1. The Morgan fingerprint density at radius 3 is 2.38 bits per heavy atom. The van der Waals surface area contributed by atoms with Gasteiger partial charge in [0.25, 0.3) is 5.91 Å². The monoisotopic (exact) mass is 537 g/mol. The van der Waals surface area contributed by atoms with Gasteiger partial charge in [0.05, 0.1) is 5.69 Å². The van der Waals surface area contributed by atoms with Crippen molar-refractivity contribution >= 4 is 22.6 Å². The van der Waals surface area contributed by atoms with Gasteiger partial charge in [0, 0.05) is 74.5 Å². The third kappa shape index (κ3) is 5.70. The Morgan fingerprint density at radius 1 is 0.925 bits per heavy atom. The molecule has 0 N–H and O–H groups in total. The second kappa shape index (κ2) is 11.0. The molecule has 0 bridgehead atoms. The van der Waals surface area contributed by atoms with Gasteiger partial charge in [0.1, 0.15) is 18.2 Å². The minimum Gasteiger partial charge on any atom is -0.487 e. The first kappa shape index (κ1) is 26.4. The number of likely N-dealkylation sites (tertiary alicyclic amines) is 1. The molecule has 40 heavy (non-hydrogen) atoms. The van der Waals surface area contributed by atoms with Gasteiger partial charge in [-0.15, -0.1) is 0 Å². The van der Waals surface area contributed by atoms with Gasteiger partial charge >= 0.3 is 0 Å². The molecule has 7 heteroatoms. The number of piperazine rings is 1. The molecule has 208 valence electrons. The highest BCUT2D eigenvalue weighted by Crippen LogP contribution is 2.29. The second-order valence-electron chi connectivity index (χ2n) is 12.2. The lowest BCUT2D eigenvalue weighted by Gasteiger charge is -2.48. The van der Waals surface area contributed by atoms with Gasteiger partial charge in [0.2, 0.25) is 0 Å². The molecular weight excluding hydrogens is 498 g/mol. The fraction of sp³-hybridized carbons (Fsp3) is 0.394. The Kier molecular flexibility index (Phi) is 7.24. The summed E-state index contributed by atoms with van der Waals surface area (Å²) in [7, 11) is 0. The van der Waals surface area contributed by atoms with Gasteiger partial charge in [-0.25, -0.2) is 4.98 Å². The molecule has 2 aliphatic heterocycles. The number of pyridine rings is 1. The van der Waals surface area contributed by atoms with Crippen molar-refractivity contribution in [2.75, 3.05) is 44.2 Å². The van der Waals surface area contributed by atoms with Crippen molar-refractivity contribution in [3.8, 4) is 5.75 Å². The van der Waals surface area contributed by atoms with Crippen molar-refractivity contribution in [1.82, 2.24) is 19.4 Å². The Balaban J connectivity index is 1.11. The minimum atomic E-state index is 0.109. The summed E-state index contributed by atoms with van der Waals surface area (Å²) in [4.78, 5) is 24.8. The molecule has 1 amide bonds. The first-order valence-electron chi connectivity index (χ1n) is 14.3. The number of amides is 1. The van der Waals surface area contributed by atoms with Crippen molar-refractivity contribution in [2.24, 2.45) is 5.41 Å². The van der Waals surface area contributed by atoms with E-state index in [0.717, 1.165) is 79.5 Å². The average molecular weight is 538 g/mol. The second-order valence-corrected chi connectivity index (χ2v) is 12.2. The van der Waals surface area contributed by atoms with Crippen LogP contribution >= 0.6 is 0 Å². The van der Waals surface area contributed by atoms with Crippen LogP contribution in [0.4, 0.5) is 5.82 Å². The zero-order valence-electron chi connectivity index (χ0n) is 23.8. The lowest BCUT2D eigenvalue weighted by molar-refractivity contribution is 0.0246. The van der Waals surface area contributed by atoms with Crippen molar-refractivity contribution in [2.45, 2.75) is 40.0 Å². The molecule has 0 spiro atoms. The normalized spacial score (nSPS) is 16.8. The van der Waals surface area contributed by atoms with E-state index in [4.69, 9.17) is 4.74 Å². The minimum absolute atomic E-state index is 0.109. The van der Waals surface area contributed by atoms with Crippen LogP contribution in [0.25, 0.3) is 10.9 Å².